The predicted octanol–water partition coefficient (Wildman–Crippen LogP) is 4.87. The number of anilines is 1. The van der Waals surface area contributed by atoms with E-state index in [2.05, 4.69) is 48.2 Å². The summed E-state index contributed by atoms with van der Waals surface area (Å²) in [6.07, 6.45) is 3.64. The minimum atomic E-state index is 0.0693. The van der Waals surface area contributed by atoms with Crippen molar-refractivity contribution in [1.29, 1.82) is 0 Å². The van der Waals surface area contributed by atoms with Crippen molar-refractivity contribution in [3.05, 3.63) is 83.3 Å². The molecule has 160 valence electrons. The first-order valence-electron chi connectivity index (χ1n) is 11.0. The third-order valence-electron chi connectivity index (χ3n) is 6.70. The molecule has 2 atom stereocenters. The highest BCUT2D eigenvalue weighted by atomic mass is 16.5. The number of nitrogens with zero attached hydrogens (tertiary/aromatic N) is 2. The molecule has 1 aromatic heterocycles. The number of fused-ring (bicyclic) bond motifs is 1. The number of amides is 1. The fraction of sp³-hybridized carbons (Fsp3) is 0.346. The Hall–Kier alpha value is -3.21. The molecule has 2 aliphatic rings. The van der Waals surface area contributed by atoms with Gasteiger partial charge in [-0.2, -0.15) is 0 Å². The monoisotopic (exact) mass is 416 g/mol. The molecule has 5 rings (SSSR count). The molecule has 0 bridgehead atoms. The van der Waals surface area contributed by atoms with Crippen molar-refractivity contribution in [3.8, 4) is 5.75 Å². The highest BCUT2D eigenvalue weighted by molar-refractivity contribution is 5.95. The minimum Gasteiger partial charge on any atom is -0.497 e. The molecule has 5 nitrogen and oxygen atoms in total. The molecule has 31 heavy (non-hydrogen) atoms. The Bertz CT molecular complexity index is 1070. The van der Waals surface area contributed by atoms with Crippen LogP contribution in [0.3, 0.4) is 0 Å². The van der Waals surface area contributed by atoms with Crippen molar-refractivity contribution in [1.82, 2.24) is 4.90 Å². The van der Waals surface area contributed by atoms with Gasteiger partial charge < -0.3 is 19.0 Å². The van der Waals surface area contributed by atoms with Gasteiger partial charge in [0.05, 0.1) is 25.5 Å². The van der Waals surface area contributed by atoms with Gasteiger partial charge in [-0.15, -0.1) is 0 Å². The third-order valence-corrected chi connectivity index (χ3v) is 6.70. The van der Waals surface area contributed by atoms with Gasteiger partial charge in [0.1, 0.15) is 11.5 Å². The highest BCUT2D eigenvalue weighted by Gasteiger charge is 2.32. The molecular weight excluding hydrogens is 388 g/mol. The van der Waals surface area contributed by atoms with Crippen LogP contribution in [-0.4, -0.2) is 37.0 Å². The molecule has 1 fully saturated rings. The average molecular weight is 417 g/mol. The average Bonchev–Trinajstić information content (AvgIpc) is 3.53. The van der Waals surface area contributed by atoms with Crippen LogP contribution in [0.5, 0.6) is 5.75 Å². The van der Waals surface area contributed by atoms with Gasteiger partial charge in [-0.25, -0.2) is 0 Å². The lowest BCUT2D eigenvalue weighted by molar-refractivity contribution is 0.0788. The van der Waals surface area contributed by atoms with Gasteiger partial charge in [0, 0.05) is 30.7 Å². The molecule has 1 saturated heterocycles. The second kappa shape index (κ2) is 8.14. The van der Waals surface area contributed by atoms with E-state index in [9.17, 15) is 4.79 Å². The maximum Gasteiger partial charge on any atom is 0.257 e. The predicted molar refractivity (Wildman–Crippen MR) is 121 cm³/mol. The smallest absolute Gasteiger partial charge is 0.257 e. The van der Waals surface area contributed by atoms with E-state index < -0.39 is 0 Å². The molecule has 2 aliphatic heterocycles. The summed E-state index contributed by atoms with van der Waals surface area (Å²) in [5, 5.41) is 0. The first-order valence-corrected chi connectivity index (χ1v) is 11.0. The topological polar surface area (TPSA) is 45.9 Å². The van der Waals surface area contributed by atoms with Crippen LogP contribution in [0.25, 0.3) is 0 Å². The Labute approximate surface area is 183 Å². The van der Waals surface area contributed by atoms with E-state index in [1.165, 1.54) is 16.8 Å². The van der Waals surface area contributed by atoms with Crippen molar-refractivity contribution >= 4 is 11.6 Å². The van der Waals surface area contributed by atoms with Crippen LogP contribution in [0.4, 0.5) is 5.69 Å². The molecule has 0 spiro atoms. The van der Waals surface area contributed by atoms with E-state index in [0.29, 0.717) is 24.1 Å². The second-order valence-corrected chi connectivity index (χ2v) is 8.58. The van der Waals surface area contributed by atoms with E-state index in [1.807, 2.05) is 23.1 Å². The molecule has 3 aromatic rings. The summed E-state index contributed by atoms with van der Waals surface area (Å²) in [6.45, 7) is 4.34. The van der Waals surface area contributed by atoms with E-state index in [1.54, 1.807) is 13.4 Å². The number of likely N-dealkylation sites (tertiary alicyclic amines) is 1. The van der Waals surface area contributed by atoms with E-state index in [4.69, 9.17) is 9.15 Å². The summed E-state index contributed by atoms with van der Waals surface area (Å²) < 4.78 is 11.1. The number of hydrogen-bond acceptors (Lipinski definition) is 4. The first kappa shape index (κ1) is 19.7. The number of para-hydroxylation sites is 1. The van der Waals surface area contributed by atoms with Crippen LogP contribution < -0.4 is 9.64 Å². The van der Waals surface area contributed by atoms with Crippen molar-refractivity contribution in [3.63, 3.8) is 0 Å². The molecule has 0 aliphatic carbocycles. The van der Waals surface area contributed by atoms with Gasteiger partial charge in [0.2, 0.25) is 0 Å². The zero-order valence-electron chi connectivity index (χ0n) is 18.1. The van der Waals surface area contributed by atoms with Crippen LogP contribution in [0.2, 0.25) is 0 Å². The van der Waals surface area contributed by atoms with Crippen LogP contribution in [0, 0.1) is 0 Å². The molecule has 1 amide bonds. The molecule has 5 heteroatoms. The minimum absolute atomic E-state index is 0.0693. The van der Waals surface area contributed by atoms with Crippen LogP contribution in [0.1, 0.15) is 46.5 Å². The molecule has 0 N–H and O–H groups in total. The van der Waals surface area contributed by atoms with Crippen LogP contribution in [0.15, 0.2) is 65.3 Å². The maximum absolute atomic E-state index is 13.3. The summed E-state index contributed by atoms with van der Waals surface area (Å²) >= 11 is 0. The Morgan fingerprint density at radius 2 is 1.94 bits per heavy atom. The Balaban J connectivity index is 1.30. The standard InChI is InChI=1S/C26H28N2O3/c1-18-15-20-5-3-4-6-24(20)28(18)17-25-23(12-14-31-25)26(29)27-13-11-21(16-27)19-7-9-22(30-2)10-8-19/h3-10,12,14,18,21H,11,13,15-17H2,1-2H3. The quantitative estimate of drug-likeness (QED) is 0.595. The zero-order chi connectivity index (χ0) is 21.4. The lowest BCUT2D eigenvalue weighted by Gasteiger charge is -2.24. The summed E-state index contributed by atoms with van der Waals surface area (Å²) in [5.74, 6) is 2.03. The van der Waals surface area contributed by atoms with E-state index in [-0.39, 0.29) is 5.91 Å². The number of hydrogen-bond donors (Lipinski definition) is 0. The Morgan fingerprint density at radius 1 is 1.13 bits per heavy atom. The van der Waals surface area contributed by atoms with Crippen LogP contribution in [-0.2, 0) is 13.0 Å². The number of rotatable bonds is 5. The SMILES string of the molecule is COc1ccc(C2CCN(C(=O)c3ccoc3CN3c4ccccc4CC3C)C2)cc1. The molecule has 2 unspecified atom stereocenters. The fourth-order valence-corrected chi connectivity index (χ4v) is 4.94. The largest absolute Gasteiger partial charge is 0.497 e. The first-order chi connectivity index (χ1) is 15.1. The number of benzene rings is 2. The lowest BCUT2D eigenvalue weighted by atomic mass is 9.98. The number of furan rings is 1. The van der Waals surface area contributed by atoms with E-state index >= 15 is 0 Å². The summed E-state index contributed by atoms with van der Waals surface area (Å²) in [7, 11) is 1.68. The van der Waals surface area contributed by atoms with Crippen molar-refractivity contribution in [2.75, 3.05) is 25.1 Å². The van der Waals surface area contributed by atoms with Gasteiger partial charge in [-0.1, -0.05) is 30.3 Å². The molecule has 0 saturated carbocycles. The summed E-state index contributed by atoms with van der Waals surface area (Å²) in [4.78, 5) is 17.6. The number of methoxy groups -OCH3 is 1. The van der Waals surface area contributed by atoms with Gasteiger partial charge in [0.15, 0.2) is 0 Å². The van der Waals surface area contributed by atoms with Gasteiger partial charge in [-0.3, -0.25) is 4.79 Å². The van der Waals surface area contributed by atoms with Gasteiger partial charge in [-0.05, 0) is 55.2 Å². The number of ether oxygens (including phenoxy) is 1. The van der Waals surface area contributed by atoms with E-state index in [0.717, 1.165) is 37.4 Å². The third kappa shape index (κ3) is 3.69. The Morgan fingerprint density at radius 3 is 2.74 bits per heavy atom. The maximum atomic E-state index is 13.3. The molecule has 0 radical (unpaired) electrons. The van der Waals surface area contributed by atoms with Crippen LogP contribution >= 0.6 is 0 Å². The second-order valence-electron chi connectivity index (χ2n) is 8.58. The molecule has 3 heterocycles. The summed E-state index contributed by atoms with van der Waals surface area (Å²) in [6, 6.07) is 18.9. The number of carbonyl (C=O) groups excluding carboxylic acids is 1. The van der Waals surface area contributed by atoms with Crippen molar-refractivity contribution in [2.24, 2.45) is 0 Å². The lowest BCUT2D eigenvalue weighted by Crippen LogP contribution is -2.32. The van der Waals surface area contributed by atoms with Crippen molar-refractivity contribution in [2.45, 2.75) is 38.3 Å². The van der Waals surface area contributed by atoms with Gasteiger partial charge in [0.25, 0.3) is 5.91 Å². The number of carbonyl (C=O) groups is 1. The molecular formula is C26H28N2O3. The Kier molecular flexibility index (Phi) is 5.18. The van der Waals surface area contributed by atoms with Gasteiger partial charge >= 0.3 is 0 Å². The fourth-order valence-electron chi connectivity index (χ4n) is 4.94. The highest BCUT2D eigenvalue weighted by Crippen LogP contribution is 2.34. The molecule has 2 aromatic carbocycles. The zero-order valence-corrected chi connectivity index (χ0v) is 18.1. The summed E-state index contributed by atoms with van der Waals surface area (Å²) in [5.41, 5.74) is 4.54. The normalized spacial score (nSPS) is 20.2. The van der Waals surface area contributed by atoms with Crippen molar-refractivity contribution < 1.29 is 13.9 Å².